The van der Waals surface area contributed by atoms with E-state index < -0.39 is 0 Å². The molecule has 0 aliphatic carbocycles. The molecule has 2 unspecified atom stereocenters. The lowest BCUT2D eigenvalue weighted by molar-refractivity contribution is 0.442. The van der Waals surface area contributed by atoms with Crippen LogP contribution in [-0.4, -0.2) is 4.98 Å². The highest BCUT2D eigenvalue weighted by Gasteiger charge is 2.23. The molecule has 0 amide bonds. The van der Waals surface area contributed by atoms with E-state index in [2.05, 4.69) is 48.5 Å². The fraction of sp³-hybridized carbons (Fsp3) is 0.312. The summed E-state index contributed by atoms with van der Waals surface area (Å²) in [4.78, 5) is 4.23. The molecule has 0 saturated carbocycles. The predicted molar refractivity (Wildman–Crippen MR) is 78.5 cm³/mol. The highest BCUT2D eigenvalue weighted by molar-refractivity contribution is 5.31. The van der Waals surface area contributed by atoms with Crippen molar-refractivity contribution in [1.82, 2.24) is 10.4 Å². The molecule has 1 aromatic heterocycles. The van der Waals surface area contributed by atoms with Gasteiger partial charge in [0.15, 0.2) is 0 Å². The van der Waals surface area contributed by atoms with Gasteiger partial charge in [0.2, 0.25) is 0 Å². The van der Waals surface area contributed by atoms with Crippen molar-refractivity contribution in [3.8, 4) is 0 Å². The summed E-state index contributed by atoms with van der Waals surface area (Å²) in [5.74, 6) is 6.15. The van der Waals surface area contributed by atoms with Gasteiger partial charge in [-0.2, -0.15) is 0 Å². The van der Waals surface area contributed by atoms with Crippen LogP contribution in [0.1, 0.15) is 42.0 Å². The Labute approximate surface area is 114 Å². The van der Waals surface area contributed by atoms with E-state index in [1.165, 1.54) is 16.7 Å². The lowest BCUT2D eigenvalue weighted by Crippen LogP contribution is -2.33. The van der Waals surface area contributed by atoms with E-state index in [1.54, 1.807) is 0 Å². The zero-order valence-electron chi connectivity index (χ0n) is 11.5. The van der Waals surface area contributed by atoms with Gasteiger partial charge in [0.1, 0.15) is 0 Å². The Morgan fingerprint density at radius 1 is 1.21 bits per heavy atom. The predicted octanol–water partition coefficient (Wildman–Crippen LogP) is 3.09. The molecule has 0 saturated heterocycles. The smallest absolute Gasteiger partial charge is 0.0546 e. The van der Waals surface area contributed by atoms with Crippen molar-refractivity contribution >= 4 is 0 Å². The molecule has 1 heterocycles. The van der Waals surface area contributed by atoms with Gasteiger partial charge in [-0.25, -0.2) is 0 Å². The standard InChI is InChI=1S/C16H21N3/c1-3-14(13-7-5-4-6-8-13)16(19-17)15-11-18-10-9-12(15)2/h4-11,14,16,19H,3,17H2,1-2H3. The summed E-state index contributed by atoms with van der Waals surface area (Å²) < 4.78 is 0. The fourth-order valence-corrected chi connectivity index (χ4v) is 2.59. The fourth-order valence-electron chi connectivity index (χ4n) is 2.59. The molecule has 0 bridgehead atoms. The number of aryl methyl sites for hydroxylation is 1. The molecule has 0 radical (unpaired) electrons. The van der Waals surface area contributed by atoms with Crippen LogP contribution >= 0.6 is 0 Å². The summed E-state index contributed by atoms with van der Waals surface area (Å²) in [6.45, 7) is 4.28. The van der Waals surface area contributed by atoms with Crippen LogP contribution in [0, 0.1) is 6.92 Å². The normalized spacial score (nSPS) is 14.1. The van der Waals surface area contributed by atoms with Gasteiger partial charge in [0, 0.05) is 18.3 Å². The van der Waals surface area contributed by atoms with Crippen molar-refractivity contribution < 1.29 is 0 Å². The second kappa shape index (κ2) is 6.45. The van der Waals surface area contributed by atoms with Gasteiger partial charge in [-0.3, -0.25) is 16.3 Å². The van der Waals surface area contributed by atoms with Crippen molar-refractivity contribution in [1.29, 1.82) is 0 Å². The van der Waals surface area contributed by atoms with Crippen molar-refractivity contribution in [3.05, 3.63) is 65.5 Å². The minimum Gasteiger partial charge on any atom is -0.271 e. The van der Waals surface area contributed by atoms with E-state index in [-0.39, 0.29) is 6.04 Å². The zero-order chi connectivity index (χ0) is 13.7. The van der Waals surface area contributed by atoms with Gasteiger partial charge < -0.3 is 0 Å². The first-order valence-electron chi connectivity index (χ1n) is 6.69. The Bertz CT molecular complexity index is 510. The van der Waals surface area contributed by atoms with Crippen LogP contribution in [-0.2, 0) is 0 Å². The van der Waals surface area contributed by atoms with Crippen molar-refractivity contribution in [2.24, 2.45) is 5.84 Å². The first-order valence-corrected chi connectivity index (χ1v) is 6.69. The van der Waals surface area contributed by atoms with Crippen LogP contribution in [0.5, 0.6) is 0 Å². The van der Waals surface area contributed by atoms with Crippen molar-refractivity contribution in [2.45, 2.75) is 32.2 Å². The van der Waals surface area contributed by atoms with E-state index in [0.717, 1.165) is 6.42 Å². The molecule has 2 aromatic rings. The molecule has 100 valence electrons. The molecule has 0 aliphatic rings. The van der Waals surface area contributed by atoms with Gasteiger partial charge in [-0.05, 0) is 36.1 Å². The number of nitrogens with two attached hydrogens (primary N) is 1. The molecule has 2 atom stereocenters. The first-order chi connectivity index (χ1) is 9.27. The van der Waals surface area contributed by atoms with Crippen LogP contribution in [0.4, 0.5) is 0 Å². The highest BCUT2D eigenvalue weighted by atomic mass is 15.2. The third-order valence-electron chi connectivity index (χ3n) is 3.66. The van der Waals surface area contributed by atoms with Gasteiger partial charge in [-0.15, -0.1) is 0 Å². The highest BCUT2D eigenvalue weighted by Crippen LogP contribution is 2.33. The lowest BCUT2D eigenvalue weighted by Gasteiger charge is -2.27. The summed E-state index contributed by atoms with van der Waals surface area (Å²) in [5.41, 5.74) is 6.65. The molecule has 0 aliphatic heterocycles. The molecule has 19 heavy (non-hydrogen) atoms. The summed E-state index contributed by atoms with van der Waals surface area (Å²) in [7, 11) is 0. The molecular weight excluding hydrogens is 234 g/mol. The molecule has 1 aromatic carbocycles. The summed E-state index contributed by atoms with van der Waals surface area (Å²) >= 11 is 0. The number of pyridine rings is 1. The average Bonchev–Trinajstić information content (AvgIpc) is 2.46. The number of nitrogens with zero attached hydrogens (tertiary/aromatic N) is 1. The SMILES string of the molecule is CCC(c1ccccc1)C(NN)c1cnccc1C. The van der Waals surface area contributed by atoms with Gasteiger partial charge in [-0.1, -0.05) is 37.3 Å². The maximum atomic E-state index is 5.81. The number of hydrazine groups is 1. The molecule has 0 spiro atoms. The van der Waals surface area contributed by atoms with Crippen LogP contribution in [0.15, 0.2) is 48.8 Å². The van der Waals surface area contributed by atoms with Crippen LogP contribution < -0.4 is 11.3 Å². The van der Waals surface area contributed by atoms with Crippen molar-refractivity contribution in [3.63, 3.8) is 0 Å². The largest absolute Gasteiger partial charge is 0.271 e. The average molecular weight is 255 g/mol. The lowest BCUT2D eigenvalue weighted by atomic mass is 9.85. The maximum Gasteiger partial charge on any atom is 0.0546 e. The first kappa shape index (κ1) is 13.7. The Kier molecular flexibility index (Phi) is 4.66. The number of hydrogen-bond acceptors (Lipinski definition) is 3. The Balaban J connectivity index is 2.38. The molecular formula is C16H21N3. The summed E-state index contributed by atoms with van der Waals surface area (Å²) in [6, 6.07) is 12.6. The molecule has 0 fully saturated rings. The Morgan fingerprint density at radius 3 is 2.53 bits per heavy atom. The number of rotatable bonds is 5. The minimum absolute atomic E-state index is 0.0844. The second-order valence-corrected chi connectivity index (χ2v) is 4.80. The topological polar surface area (TPSA) is 50.9 Å². The number of benzene rings is 1. The molecule has 2 rings (SSSR count). The number of nitrogens with one attached hydrogen (secondary N) is 1. The quantitative estimate of drug-likeness (QED) is 0.637. The van der Waals surface area contributed by atoms with E-state index >= 15 is 0 Å². The molecule has 3 nitrogen and oxygen atoms in total. The summed E-state index contributed by atoms with van der Waals surface area (Å²) in [6.07, 6.45) is 4.74. The molecule has 3 heteroatoms. The second-order valence-electron chi connectivity index (χ2n) is 4.80. The minimum atomic E-state index is 0.0844. The monoisotopic (exact) mass is 255 g/mol. The third kappa shape index (κ3) is 3.00. The van der Waals surface area contributed by atoms with E-state index in [0.29, 0.717) is 5.92 Å². The maximum absolute atomic E-state index is 5.81. The Morgan fingerprint density at radius 2 is 1.95 bits per heavy atom. The molecule has 3 N–H and O–H groups in total. The van der Waals surface area contributed by atoms with Gasteiger partial charge in [0.05, 0.1) is 6.04 Å². The third-order valence-corrected chi connectivity index (χ3v) is 3.66. The summed E-state index contributed by atoms with van der Waals surface area (Å²) in [5, 5.41) is 0. The van der Waals surface area contributed by atoms with Crippen molar-refractivity contribution in [2.75, 3.05) is 0 Å². The van der Waals surface area contributed by atoms with E-state index in [1.807, 2.05) is 24.5 Å². The zero-order valence-corrected chi connectivity index (χ0v) is 11.5. The van der Waals surface area contributed by atoms with Crippen LogP contribution in [0.25, 0.3) is 0 Å². The van der Waals surface area contributed by atoms with Gasteiger partial charge >= 0.3 is 0 Å². The van der Waals surface area contributed by atoms with Gasteiger partial charge in [0.25, 0.3) is 0 Å². The number of hydrogen-bond donors (Lipinski definition) is 2. The number of aromatic nitrogens is 1. The van der Waals surface area contributed by atoms with Crippen LogP contribution in [0.2, 0.25) is 0 Å². The van der Waals surface area contributed by atoms with E-state index in [9.17, 15) is 0 Å². The van der Waals surface area contributed by atoms with E-state index in [4.69, 9.17) is 5.84 Å². The Hall–Kier alpha value is -1.71. The van der Waals surface area contributed by atoms with Crippen LogP contribution in [0.3, 0.4) is 0 Å².